The van der Waals surface area contributed by atoms with Crippen LogP contribution in [0.4, 0.5) is 5.69 Å². The minimum absolute atomic E-state index is 0.0839. The summed E-state index contributed by atoms with van der Waals surface area (Å²) in [4.78, 5) is 9.88. The van der Waals surface area contributed by atoms with Crippen LogP contribution in [0.15, 0.2) is 43.5 Å². The molecule has 0 aliphatic rings. The van der Waals surface area contributed by atoms with E-state index in [0.29, 0.717) is 0 Å². The van der Waals surface area contributed by atoms with Crippen LogP contribution in [0.2, 0.25) is 0 Å². The van der Waals surface area contributed by atoms with E-state index < -0.39 is 4.92 Å². The molecule has 0 unspecified atom stereocenters. The molecule has 0 radical (unpaired) electrons. The first-order valence-electron chi connectivity index (χ1n) is 3.71. The van der Waals surface area contributed by atoms with Crippen molar-refractivity contribution in [2.24, 2.45) is 0 Å². The molecule has 3 nitrogen and oxygen atoms in total. The fourth-order valence-corrected chi connectivity index (χ4v) is 0.915. The molecule has 66 valence electrons. The van der Waals surface area contributed by atoms with Gasteiger partial charge in [0.2, 0.25) is 0 Å². The monoisotopic (exact) mass is 175 g/mol. The molecule has 0 aliphatic carbocycles. The number of benzene rings is 1. The van der Waals surface area contributed by atoms with Gasteiger partial charge in [-0.25, -0.2) is 0 Å². The molecule has 0 aromatic heterocycles. The molecule has 0 aliphatic heterocycles. The number of allylic oxidation sites excluding steroid dienone is 2. The van der Waals surface area contributed by atoms with Crippen LogP contribution in [0.3, 0.4) is 0 Å². The number of non-ortho nitro benzene ring substituents is 1. The van der Waals surface area contributed by atoms with Gasteiger partial charge in [0.25, 0.3) is 5.69 Å². The first-order chi connectivity index (χ1) is 6.15. The number of rotatable bonds is 3. The molecule has 0 saturated carbocycles. The summed E-state index contributed by atoms with van der Waals surface area (Å²) in [6, 6.07) is 6.21. The second-order valence-corrected chi connectivity index (χ2v) is 2.53. The van der Waals surface area contributed by atoms with E-state index in [4.69, 9.17) is 0 Å². The van der Waals surface area contributed by atoms with Gasteiger partial charge < -0.3 is 0 Å². The molecule has 1 rings (SSSR count). The van der Waals surface area contributed by atoms with E-state index in [-0.39, 0.29) is 5.69 Å². The van der Waals surface area contributed by atoms with Gasteiger partial charge in [-0.05, 0) is 23.3 Å². The van der Waals surface area contributed by atoms with Gasteiger partial charge >= 0.3 is 0 Å². The van der Waals surface area contributed by atoms with E-state index in [1.807, 2.05) is 0 Å². The van der Waals surface area contributed by atoms with Gasteiger partial charge in [-0.3, -0.25) is 10.1 Å². The topological polar surface area (TPSA) is 43.1 Å². The second-order valence-electron chi connectivity index (χ2n) is 2.53. The van der Waals surface area contributed by atoms with Crippen molar-refractivity contribution < 1.29 is 4.92 Å². The molecule has 0 saturated heterocycles. The van der Waals surface area contributed by atoms with Gasteiger partial charge in [0, 0.05) is 12.1 Å². The highest BCUT2D eigenvalue weighted by molar-refractivity contribution is 5.71. The van der Waals surface area contributed by atoms with Crippen molar-refractivity contribution in [2.45, 2.75) is 0 Å². The van der Waals surface area contributed by atoms with Gasteiger partial charge in [0.05, 0.1) is 4.92 Å². The normalized spacial score (nSPS) is 9.23. The Labute approximate surface area is 76.2 Å². The fourth-order valence-electron chi connectivity index (χ4n) is 0.915. The van der Waals surface area contributed by atoms with Crippen molar-refractivity contribution in [2.75, 3.05) is 0 Å². The van der Waals surface area contributed by atoms with Gasteiger partial charge in [-0.2, -0.15) is 0 Å². The zero-order chi connectivity index (χ0) is 9.84. The number of hydrogen-bond acceptors (Lipinski definition) is 2. The molecule has 0 heterocycles. The number of nitrogens with zero attached hydrogens (tertiary/aromatic N) is 1. The van der Waals surface area contributed by atoms with Crippen molar-refractivity contribution >= 4 is 11.3 Å². The molecular weight excluding hydrogens is 166 g/mol. The fraction of sp³-hybridized carbons (Fsp3) is 0. The third-order valence-electron chi connectivity index (χ3n) is 1.70. The van der Waals surface area contributed by atoms with Crippen molar-refractivity contribution in [3.8, 4) is 0 Å². The predicted molar refractivity (Wildman–Crippen MR) is 52.3 cm³/mol. The van der Waals surface area contributed by atoms with Crippen molar-refractivity contribution in [1.82, 2.24) is 0 Å². The second kappa shape index (κ2) is 3.67. The highest BCUT2D eigenvalue weighted by Crippen LogP contribution is 2.17. The minimum atomic E-state index is -0.430. The molecule has 0 bridgehead atoms. The zero-order valence-electron chi connectivity index (χ0n) is 7.06. The van der Waals surface area contributed by atoms with Crippen LogP contribution >= 0.6 is 0 Å². The summed E-state index contributed by atoms with van der Waals surface area (Å²) in [6.07, 6.45) is 1.61. The largest absolute Gasteiger partial charge is 0.269 e. The van der Waals surface area contributed by atoms with Gasteiger partial charge in [-0.15, -0.1) is 0 Å². The lowest BCUT2D eigenvalue weighted by Gasteiger charge is -1.98. The summed E-state index contributed by atoms with van der Waals surface area (Å²) in [5.74, 6) is 0. The average molecular weight is 175 g/mol. The smallest absolute Gasteiger partial charge is 0.258 e. The maximum absolute atomic E-state index is 10.3. The third-order valence-corrected chi connectivity index (χ3v) is 1.70. The van der Waals surface area contributed by atoms with Crippen LogP contribution in [-0.2, 0) is 0 Å². The van der Waals surface area contributed by atoms with Crippen molar-refractivity contribution in [3.63, 3.8) is 0 Å². The summed E-state index contributed by atoms with van der Waals surface area (Å²) >= 11 is 0. The molecule has 0 spiro atoms. The molecule has 0 amide bonds. The Morgan fingerprint density at radius 3 is 2.31 bits per heavy atom. The van der Waals surface area contributed by atoms with Crippen LogP contribution in [0.1, 0.15) is 5.56 Å². The van der Waals surface area contributed by atoms with Crippen LogP contribution in [0.5, 0.6) is 0 Å². The van der Waals surface area contributed by atoms with E-state index in [1.165, 1.54) is 12.1 Å². The van der Waals surface area contributed by atoms with Gasteiger partial charge in [-0.1, -0.05) is 19.2 Å². The first-order valence-corrected chi connectivity index (χ1v) is 3.71. The standard InChI is InChI=1S/C10H9NO2/c1-3-8(2)9-4-6-10(7-5-9)11(12)13/h3-7H,1-2H2. The summed E-state index contributed by atoms with van der Waals surface area (Å²) in [7, 11) is 0. The molecule has 13 heavy (non-hydrogen) atoms. The lowest BCUT2D eigenvalue weighted by molar-refractivity contribution is -0.384. The molecule has 1 aromatic rings. The summed E-state index contributed by atoms with van der Waals surface area (Å²) in [6.45, 7) is 7.29. The molecule has 0 fully saturated rings. The zero-order valence-corrected chi connectivity index (χ0v) is 7.06. The maximum atomic E-state index is 10.3. The number of hydrogen-bond donors (Lipinski definition) is 0. The van der Waals surface area contributed by atoms with Crippen molar-refractivity contribution in [3.05, 3.63) is 59.2 Å². The van der Waals surface area contributed by atoms with E-state index >= 15 is 0 Å². The SMILES string of the molecule is C=CC(=C)c1ccc([N+](=O)[O-])cc1. The Morgan fingerprint density at radius 1 is 1.38 bits per heavy atom. The molecule has 0 atom stereocenters. The Morgan fingerprint density at radius 2 is 1.92 bits per heavy atom. The first kappa shape index (κ1) is 9.19. The number of nitro benzene ring substituents is 1. The highest BCUT2D eigenvalue weighted by atomic mass is 16.6. The third kappa shape index (κ3) is 2.02. The predicted octanol–water partition coefficient (Wildman–Crippen LogP) is 2.79. The van der Waals surface area contributed by atoms with E-state index in [1.54, 1.807) is 18.2 Å². The molecule has 0 N–H and O–H groups in total. The number of nitro groups is 1. The minimum Gasteiger partial charge on any atom is -0.258 e. The summed E-state index contributed by atoms with van der Waals surface area (Å²) in [5.41, 5.74) is 1.69. The Hall–Kier alpha value is -1.90. The van der Waals surface area contributed by atoms with E-state index in [2.05, 4.69) is 13.2 Å². The average Bonchev–Trinajstić information content (AvgIpc) is 2.17. The van der Waals surface area contributed by atoms with Crippen LogP contribution in [0.25, 0.3) is 5.57 Å². The highest BCUT2D eigenvalue weighted by Gasteiger charge is 2.03. The van der Waals surface area contributed by atoms with Crippen LogP contribution in [0, 0.1) is 10.1 Å². The van der Waals surface area contributed by atoms with E-state index in [0.717, 1.165) is 11.1 Å². The molecule has 3 heteroatoms. The Bertz CT molecular complexity index is 352. The summed E-state index contributed by atoms with van der Waals surface area (Å²) in [5, 5.41) is 10.3. The lowest BCUT2D eigenvalue weighted by atomic mass is 10.1. The Balaban J connectivity index is 3.00. The van der Waals surface area contributed by atoms with Crippen LogP contribution < -0.4 is 0 Å². The molecule has 1 aromatic carbocycles. The lowest BCUT2D eigenvalue weighted by Crippen LogP contribution is -1.87. The maximum Gasteiger partial charge on any atom is 0.269 e. The van der Waals surface area contributed by atoms with Gasteiger partial charge in [0.15, 0.2) is 0 Å². The quantitative estimate of drug-likeness (QED) is 0.402. The summed E-state index contributed by atoms with van der Waals surface area (Å²) < 4.78 is 0. The van der Waals surface area contributed by atoms with Gasteiger partial charge in [0.1, 0.15) is 0 Å². The Kier molecular flexibility index (Phi) is 2.59. The van der Waals surface area contributed by atoms with Crippen LogP contribution in [-0.4, -0.2) is 4.92 Å². The molecular formula is C10H9NO2. The van der Waals surface area contributed by atoms with Crippen molar-refractivity contribution in [1.29, 1.82) is 0 Å². The van der Waals surface area contributed by atoms with E-state index in [9.17, 15) is 10.1 Å².